The van der Waals surface area contributed by atoms with Crippen LogP contribution in [0.5, 0.6) is 5.75 Å². The fraction of sp³-hybridized carbons (Fsp3) is 0.500. The van der Waals surface area contributed by atoms with E-state index in [0.717, 1.165) is 6.07 Å². The Labute approximate surface area is 121 Å². The fourth-order valence-electron chi connectivity index (χ4n) is 2.33. The Morgan fingerprint density at radius 3 is 2.65 bits per heavy atom. The van der Waals surface area contributed by atoms with Crippen molar-refractivity contribution in [3.05, 3.63) is 29.0 Å². The number of benzene rings is 1. The van der Waals surface area contributed by atoms with Gasteiger partial charge in [-0.2, -0.15) is 0 Å². The van der Waals surface area contributed by atoms with Crippen molar-refractivity contribution in [1.82, 2.24) is 0 Å². The first-order valence-electron chi connectivity index (χ1n) is 6.43. The second-order valence-electron chi connectivity index (χ2n) is 5.20. The summed E-state index contributed by atoms with van der Waals surface area (Å²) in [5.41, 5.74) is -1.05. The summed E-state index contributed by atoms with van der Waals surface area (Å²) in [5, 5.41) is 19.2. The average Bonchev–Trinajstić information content (AvgIpc) is 2.41. The van der Waals surface area contributed by atoms with Crippen LogP contribution in [0.15, 0.2) is 18.2 Å². The maximum absolute atomic E-state index is 13.2. The fourth-order valence-corrected chi connectivity index (χ4v) is 2.45. The topological polar surface area (TPSA) is 66.8 Å². The quantitative estimate of drug-likeness (QED) is 0.897. The smallest absolute Gasteiger partial charge is 0.306 e. The standard InChI is InChI=1S/C14H16ClFO4/c15-11-2-1-10(7-12(11)16)20-8-14(19)5-3-9(4-6-14)13(17)18/h1-2,7,9,19H,3-6,8H2,(H,17,18). The summed E-state index contributed by atoms with van der Waals surface area (Å²) < 4.78 is 18.6. The summed E-state index contributed by atoms with van der Waals surface area (Å²) in [6.45, 7) is 0.0143. The zero-order chi connectivity index (χ0) is 14.8. The molecule has 1 saturated carbocycles. The molecule has 0 atom stereocenters. The number of carboxylic acids is 1. The van der Waals surface area contributed by atoms with E-state index in [9.17, 15) is 14.3 Å². The molecule has 0 heterocycles. The minimum Gasteiger partial charge on any atom is -0.490 e. The summed E-state index contributed by atoms with van der Waals surface area (Å²) in [7, 11) is 0. The van der Waals surface area contributed by atoms with Crippen LogP contribution in [0.1, 0.15) is 25.7 Å². The van der Waals surface area contributed by atoms with Crippen LogP contribution >= 0.6 is 11.6 Å². The lowest BCUT2D eigenvalue weighted by molar-refractivity contribution is -0.145. The Morgan fingerprint density at radius 1 is 1.45 bits per heavy atom. The number of carboxylic acid groups (broad SMARTS) is 1. The van der Waals surface area contributed by atoms with Crippen LogP contribution in [-0.2, 0) is 4.79 Å². The third-order valence-electron chi connectivity index (χ3n) is 3.66. The number of aliphatic hydroxyl groups is 1. The molecule has 20 heavy (non-hydrogen) atoms. The van der Waals surface area contributed by atoms with Crippen molar-refractivity contribution in [2.75, 3.05) is 6.61 Å². The van der Waals surface area contributed by atoms with Crippen LogP contribution in [0.3, 0.4) is 0 Å². The Kier molecular flexibility index (Phi) is 4.50. The first-order chi connectivity index (χ1) is 9.39. The average molecular weight is 303 g/mol. The largest absolute Gasteiger partial charge is 0.490 e. The number of aliphatic carboxylic acids is 1. The van der Waals surface area contributed by atoms with Gasteiger partial charge in [0.2, 0.25) is 0 Å². The third-order valence-corrected chi connectivity index (χ3v) is 3.97. The molecule has 0 amide bonds. The van der Waals surface area contributed by atoms with Crippen molar-refractivity contribution in [1.29, 1.82) is 0 Å². The molecule has 1 aromatic rings. The van der Waals surface area contributed by atoms with Crippen molar-refractivity contribution in [3.63, 3.8) is 0 Å². The monoisotopic (exact) mass is 302 g/mol. The number of hydrogen-bond donors (Lipinski definition) is 2. The first kappa shape index (κ1) is 15.1. The molecule has 0 radical (unpaired) electrons. The Bertz CT molecular complexity index is 498. The lowest BCUT2D eigenvalue weighted by Gasteiger charge is -2.34. The van der Waals surface area contributed by atoms with Gasteiger partial charge in [-0.3, -0.25) is 4.79 Å². The van der Waals surface area contributed by atoms with E-state index >= 15 is 0 Å². The number of carbonyl (C=O) groups is 1. The molecule has 1 aromatic carbocycles. The molecular formula is C14H16ClFO4. The van der Waals surface area contributed by atoms with Crippen LogP contribution in [0.4, 0.5) is 4.39 Å². The molecule has 1 fully saturated rings. The van der Waals surface area contributed by atoms with Gasteiger partial charge in [0, 0.05) is 6.07 Å². The minimum absolute atomic E-state index is 0.0121. The van der Waals surface area contributed by atoms with Gasteiger partial charge in [0.1, 0.15) is 18.2 Å². The van der Waals surface area contributed by atoms with Crippen molar-refractivity contribution in [2.24, 2.45) is 5.92 Å². The van der Waals surface area contributed by atoms with E-state index in [0.29, 0.717) is 31.4 Å². The summed E-state index contributed by atoms with van der Waals surface area (Å²) >= 11 is 5.57. The summed E-state index contributed by atoms with van der Waals surface area (Å²) in [6, 6.07) is 4.07. The van der Waals surface area contributed by atoms with Gasteiger partial charge in [0.05, 0.1) is 16.5 Å². The molecule has 0 unspecified atom stereocenters. The molecule has 0 bridgehead atoms. The Morgan fingerprint density at radius 2 is 2.10 bits per heavy atom. The lowest BCUT2D eigenvalue weighted by Crippen LogP contribution is -2.41. The molecule has 2 rings (SSSR count). The molecule has 110 valence electrons. The number of halogens is 2. The Hall–Kier alpha value is -1.33. The van der Waals surface area contributed by atoms with Gasteiger partial charge < -0.3 is 14.9 Å². The molecule has 0 aliphatic heterocycles. The summed E-state index contributed by atoms with van der Waals surface area (Å²) in [5.74, 6) is -1.51. The zero-order valence-corrected chi connectivity index (χ0v) is 11.6. The predicted octanol–water partition coefficient (Wildman–Crippen LogP) is 2.86. The van der Waals surface area contributed by atoms with E-state index in [1.165, 1.54) is 12.1 Å². The highest BCUT2D eigenvalue weighted by molar-refractivity contribution is 6.30. The molecular weight excluding hydrogens is 287 g/mol. The lowest BCUT2D eigenvalue weighted by atomic mass is 9.79. The van der Waals surface area contributed by atoms with Gasteiger partial charge in [-0.05, 0) is 37.8 Å². The van der Waals surface area contributed by atoms with Crippen molar-refractivity contribution in [2.45, 2.75) is 31.3 Å². The van der Waals surface area contributed by atoms with Crippen LogP contribution in [0.25, 0.3) is 0 Å². The molecule has 4 nitrogen and oxygen atoms in total. The van der Waals surface area contributed by atoms with Crippen LogP contribution in [0.2, 0.25) is 5.02 Å². The van der Waals surface area contributed by atoms with Gasteiger partial charge in [-0.1, -0.05) is 11.6 Å². The maximum atomic E-state index is 13.2. The van der Waals surface area contributed by atoms with Crippen LogP contribution in [0, 0.1) is 11.7 Å². The summed E-state index contributed by atoms with van der Waals surface area (Å²) in [4.78, 5) is 10.8. The number of ether oxygens (including phenoxy) is 1. The molecule has 0 aromatic heterocycles. The Balaban J connectivity index is 1.90. The summed E-state index contributed by atoms with van der Waals surface area (Å²) in [6.07, 6.45) is 1.56. The van der Waals surface area contributed by atoms with Crippen molar-refractivity contribution < 1.29 is 24.1 Å². The van der Waals surface area contributed by atoms with E-state index in [4.69, 9.17) is 21.4 Å². The van der Waals surface area contributed by atoms with Crippen LogP contribution < -0.4 is 4.74 Å². The second-order valence-corrected chi connectivity index (χ2v) is 5.61. The molecule has 1 aliphatic rings. The van der Waals surface area contributed by atoms with Gasteiger partial charge in [0.15, 0.2) is 0 Å². The van der Waals surface area contributed by atoms with Gasteiger partial charge in [-0.15, -0.1) is 0 Å². The van der Waals surface area contributed by atoms with Gasteiger partial charge in [0.25, 0.3) is 0 Å². The van der Waals surface area contributed by atoms with E-state index < -0.39 is 23.3 Å². The SMILES string of the molecule is O=C(O)C1CCC(O)(COc2ccc(Cl)c(F)c2)CC1. The first-order valence-corrected chi connectivity index (χ1v) is 6.80. The zero-order valence-electron chi connectivity index (χ0n) is 10.8. The molecule has 0 spiro atoms. The molecule has 0 saturated heterocycles. The van der Waals surface area contributed by atoms with Crippen LogP contribution in [-0.4, -0.2) is 28.4 Å². The highest BCUT2D eigenvalue weighted by Crippen LogP contribution is 2.33. The molecule has 2 N–H and O–H groups in total. The van der Waals surface area contributed by atoms with Gasteiger partial charge in [-0.25, -0.2) is 4.39 Å². The maximum Gasteiger partial charge on any atom is 0.306 e. The van der Waals surface area contributed by atoms with E-state index in [2.05, 4.69) is 0 Å². The van der Waals surface area contributed by atoms with E-state index in [-0.39, 0.29) is 11.6 Å². The predicted molar refractivity (Wildman–Crippen MR) is 71.4 cm³/mol. The number of hydrogen-bond acceptors (Lipinski definition) is 3. The normalized spacial score (nSPS) is 26.2. The van der Waals surface area contributed by atoms with E-state index in [1.807, 2.05) is 0 Å². The van der Waals surface area contributed by atoms with Gasteiger partial charge >= 0.3 is 5.97 Å². The van der Waals surface area contributed by atoms with Crippen molar-refractivity contribution >= 4 is 17.6 Å². The minimum atomic E-state index is -1.05. The molecule has 6 heteroatoms. The highest BCUT2D eigenvalue weighted by atomic mass is 35.5. The number of rotatable bonds is 4. The molecule has 1 aliphatic carbocycles. The second kappa shape index (κ2) is 5.97. The third kappa shape index (κ3) is 3.61. The van der Waals surface area contributed by atoms with E-state index in [1.54, 1.807) is 0 Å². The highest BCUT2D eigenvalue weighted by Gasteiger charge is 2.36. The van der Waals surface area contributed by atoms with Crippen molar-refractivity contribution in [3.8, 4) is 5.75 Å².